The van der Waals surface area contributed by atoms with Crippen LogP contribution in [0.2, 0.25) is 0 Å². The lowest BCUT2D eigenvalue weighted by molar-refractivity contribution is 0.585. The van der Waals surface area contributed by atoms with Crippen molar-refractivity contribution in [3.05, 3.63) is 65.4 Å². The predicted molar refractivity (Wildman–Crippen MR) is 80.6 cm³/mol. The Morgan fingerprint density at radius 2 is 1.95 bits per heavy atom. The standard InChI is InChI=1S/C16H13F2N3/c1-10-13(12-4-2-3-5-15(12)20-10)9-19-21-16-7-6-11(17)8-14(16)18/h2-9,20-21H,1H3/b19-9+. The summed E-state index contributed by atoms with van der Waals surface area (Å²) in [6.45, 7) is 1.94. The highest BCUT2D eigenvalue weighted by Gasteiger charge is 2.05. The van der Waals surface area contributed by atoms with Gasteiger partial charge in [-0.1, -0.05) is 18.2 Å². The van der Waals surface area contributed by atoms with Gasteiger partial charge in [0, 0.05) is 28.2 Å². The van der Waals surface area contributed by atoms with Gasteiger partial charge in [-0.2, -0.15) is 5.10 Å². The largest absolute Gasteiger partial charge is 0.358 e. The van der Waals surface area contributed by atoms with Gasteiger partial charge in [0.25, 0.3) is 0 Å². The van der Waals surface area contributed by atoms with E-state index in [1.165, 1.54) is 12.1 Å². The van der Waals surface area contributed by atoms with Gasteiger partial charge in [-0.3, -0.25) is 5.43 Å². The van der Waals surface area contributed by atoms with Crippen LogP contribution in [0.1, 0.15) is 11.3 Å². The van der Waals surface area contributed by atoms with Crippen LogP contribution in [0.3, 0.4) is 0 Å². The third-order valence-corrected chi connectivity index (χ3v) is 3.25. The SMILES string of the molecule is Cc1[nH]c2ccccc2c1/C=N/Nc1ccc(F)cc1F. The summed E-state index contributed by atoms with van der Waals surface area (Å²) >= 11 is 0. The number of aromatic nitrogens is 1. The van der Waals surface area contributed by atoms with Gasteiger partial charge in [0.15, 0.2) is 5.82 Å². The van der Waals surface area contributed by atoms with Crippen molar-refractivity contribution < 1.29 is 8.78 Å². The number of hydrogen-bond acceptors (Lipinski definition) is 2. The normalized spacial score (nSPS) is 11.4. The molecule has 0 spiro atoms. The number of hydrazone groups is 1. The number of halogens is 2. The zero-order valence-corrected chi connectivity index (χ0v) is 11.3. The lowest BCUT2D eigenvalue weighted by Crippen LogP contribution is -1.95. The number of nitrogens with zero attached hydrogens (tertiary/aromatic N) is 1. The monoisotopic (exact) mass is 285 g/mol. The summed E-state index contributed by atoms with van der Waals surface area (Å²) in [6, 6.07) is 11.2. The first-order chi connectivity index (χ1) is 10.1. The fourth-order valence-corrected chi connectivity index (χ4v) is 2.21. The molecule has 1 heterocycles. The van der Waals surface area contributed by atoms with Crippen LogP contribution in [0.5, 0.6) is 0 Å². The molecule has 0 unspecified atom stereocenters. The van der Waals surface area contributed by atoms with Crippen molar-refractivity contribution in [2.45, 2.75) is 6.92 Å². The Hall–Kier alpha value is -2.69. The number of para-hydroxylation sites is 1. The minimum Gasteiger partial charge on any atom is -0.358 e. The fraction of sp³-hybridized carbons (Fsp3) is 0.0625. The first kappa shape index (κ1) is 13.3. The first-order valence-electron chi connectivity index (χ1n) is 6.46. The van der Waals surface area contributed by atoms with Crippen LogP contribution in [-0.4, -0.2) is 11.2 Å². The van der Waals surface area contributed by atoms with Crippen LogP contribution in [-0.2, 0) is 0 Å². The van der Waals surface area contributed by atoms with Gasteiger partial charge in [-0.15, -0.1) is 0 Å². The van der Waals surface area contributed by atoms with E-state index in [2.05, 4.69) is 15.5 Å². The van der Waals surface area contributed by atoms with E-state index < -0.39 is 11.6 Å². The van der Waals surface area contributed by atoms with E-state index in [1.54, 1.807) is 6.21 Å². The van der Waals surface area contributed by atoms with E-state index in [4.69, 9.17) is 0 Å². The molecule has 1 aromatic heterocycles. The lowest BCUT2D eigenvalue weighted by atomic mass is 10.1. The van der Waals surface area contributed by atoms with Crippen molar-refractivity contribution in [1.29, 1.82) is 0 Å². The number of nitrogens with one attached hydrogen (secondary N) is 2. The maximum Gasteiger partial charge on any atom is 0.151 e. The Labute approximate surface area is 120 Å². The second-order valence-electron chi connectivity index (χ2n) is 4.70. The van der Waals surface area contributed by atoms with E-state index in [0.29, 0.717) is 0 Å². The highest BCUT2D eigenvalue weighted by molar-refractivity contribution is 6.00. The molecule has 0 saturated heterocycles. The third kappa shape index (κ3) is 2.63. The maximum absolute atomic E-state index is 13.5. The van der Waals surface area contributed by atoms with Crippen LogP contribution in [0.25, 0.3) is 10.9 Å². The van der Waals surface area contributed by atoms with E-state index >= 15 is 0 Å². The van der Waals surface area contributed by atoms with Crippen molar-refractivity contribution >= 4 is 22.8 Å². The molecule has 21 heavy (non-hydrogen) atoms. The van der Waals surface area contributed by atoms with Crippen LogP contribution in [0, 0.1) is 18.6 Å². The predicted octanol–water partition coefficient (Wildman–Crippen LogP) is 4.20. The van der Waals surface area contributed by atoms with Gasteiger partial charge in [0.1, 0.15) is 5.82 Å². The second kappa shape index (κ2) is 5.36. The molecule has 0 saturated carbocycles. The number of aryl methyl sites for hydroxylation is 1. The summed E-state index contributed by atoms with van der Waals surface area (Å²) in [5, 5.41) is 5.07. The Bertz CT molecular complexity index is 822. The molecule has 2 N–H and O–H groups in total. The average molecular weight is 285 g/mol. The smallest absolute Gasteiger partial charge is 0.151 e. The van der Waals surface area contributed by atoms with Gasteiger partial charge < -0.3 is 4.98 Å². The molecule has 3 aromatic rings. The molecule has 3 nitrogen and oxygen atoms in total. The molecule has 0 aliphatic heterocycles. The molecule has 0 bridgehead atoms. The number of H-pyrrole nitrogens is 1. The van der Waals surface area contributed by atoms with E-state index in [9.17, 15) is 8.78 Å². The van der Waals surface area contributed by atoms with Crippen LogP contribution in [0.15, 0.2) is 47.6 Å². The van der Waals surface area contributed by atoms with E-state index in [1.807, 2.05) is 31.2 Å². The molecule has 5 heteroatoms. The number of anilines is 1. The Morgan fingerprint density at radius 1 is 1.14 bits per heavy atom. The third-order valence-electron chi connectivity index (χ3n) is 3.25. The van der Waals surface area contributed by atoms with Crippen LogP contribution in [0.4, 0.5) is 14.5 Å². The van der Waals surface area contributed by atoms with Gasteiger partial charge in [-0.05, 0) is 25.1 Å². The van der Waals surface area contributed by atoms with Crippen molar-refractivity contribution in [1.82, 2.24) is 4.98 Å². The number of fused-ring (bicyclic) bond motifs is 1. The van der Waals surface area contributed by atoms with Crippen molar-refractivity contribution in [3.8, 4) is 0 Å². The van der Waals surface area contributed by atoms with Gasteiger partial charge in [-0.25, -0.2) is 8.78 Å². The maximum atomic E-state index is 13.5. The minimum atomic E-state index is -0.678. The molecular formula is C16H13F2N3. The summed E-state index contributed by atoms with van der Waals surface area (Å²) in [4.78, 5) is 3.25. The van der Waals surface area contributed by atoms with Crippen molar-refractivity contribution in [3.63, 3.8) is 0 Å². The van der Waals surface area contributed by atoms with Gasteiger partial charge in [0.05, 0.1) is 11.9 Å². The topological polar surface area (TPSA) is 40.2 Å². The number of aromatic amines is 1. The zero-order valence-electron chi connectivity index (χ0n) is 11.3. The lowest BCUT2D eigenvalue weighted by Gasteiger charge is -2.01. The number of rotatable bonds is 3. The summed E-state index contributed by atoms with van der Waals surface area (Å²) in [5.74, 6) is -1.29. The van der Waals surface area contributed by atoms with E-state index in [-0.39, 0.29) is 5.69 Å². The molecule has 0 aliphatic rings. The molecule has 2 aromatic carbocycles. The first-order valence-corrected chi connectivity index (χ1v) is 6.46. The van der Waals surface area contributed by atoms with Crippen LogP contribution < -0.4 is 5.43 Å². The highest BCUT2D eigenvalue weighted by atomic mass is 19.1. The number of benzene rings is 2. The molecule has 0 radical (unpaired) electrons. The van der Waals surface area contributed by atoms with Gasteiger partial charge >= 0.3 is 0 Å². The molecule has 3 rings (SSSR count). The summed E-state index contributed by atoms with van der Waals surface area (Å²) in [5.41, 5.74) is 5.64. The molecule has 106 valence electrons. The Morgan fingerprint density at radius 3 is 2.76 bits per heavy atom. The van der Waals surface area contributed by atoms with Crippen molar-refractivity contribution in [2.75, 3.05) is 5.43 Å². The minimum absolute atomic E-state index is 0.130. The Balaban J connectivity index is 1.86. The molecular weight excluding hydrogens is 272 g/mol. The Kier molecular flexibility index (Phi) is 3.39. The summed E-state index contributed by atoms with van der Waals surface area (Å²) < 4.78 is 26.3. The van der Waals surface area contributed by atoms with Gasteiger partial charge in [0.2, 0.25) is 0 Å². The average Bonchev–Trinajstić information content (AvgIpc) is 2.77. The van der Waals surface area contributed by atoms with Crippen molar-refractivity contribution in [2.24, 2.45) is 5.10 Å². The molecule has 0 aliphatic carbocycles. The zero-order chi connectivity index (χ0) is 14.8. The molecule has 0 atom stereocenters. The molecule has 0 amide bonds. The summed E-state index contributed by atoms with van der Waals surface area (Å²) in [7, 11) is 0. The quantitative estimate of drug-likeness (QED) is 0.549. The van der Waals surface area contributed by atoms with Crippen LogP contribution >= 0.6 is 0 Å². The fourth-order valence-electron chi connectivity index (χ4n) is 2.21. The number of hydrogen-bond donors (Lipinski definition) is 2. The van der Waals surface area contributed by atoms with E-state index in [0.717, 1.165) is 28.2 Å². The second-order valence-corrected chi connectivity index (χ2v) is 4.70. The highest BCUT2D eigenvalue weighted by Crippen LogP contribution is 2.20. The summed E-state index contributed by atoms with van der Waals surface area (Å²) in [6.07, 6.45) is 1.62. The molecule has 0 fully saturated rings.